The Morgan fingerprint density at radius 3 is 2.82 bits per heavy atom. The van der Waals surface area contributed by atoms with Crippen LogP contribution in [0, 0.1) is 5.92 Å². The summed E-state index contributed by atoms with van der Waals surface area (Å²) in [5.41, 5.74) is 5.56. The maximum atomic E-state index is 12.0. The lowest BCUT2D eigenvalue weighted by Crippen LogP contribution is -2.39. The molecule has 0 aliphatic rings. The largest absolute Gasteiger partial charge is 0.393 e. The first-order valence-corrected chi connectivity index (χ1v) is 6.91. The van der Waals surface area contributed by atoms with Crippen LogP contribution in [0.3, 0.4) is 0 Å². The number of thiophene rings is 1. The van der Waals surface area contributed by atoms with Gasteiger partial charge in [0.15, 0.2) is 0 Å². The molecule has 1 amide bonds. The van der Waals surface area contributed by atoms with Crippen molar-refractivity contribution >= 4 is 34.5 Å². The van der Waals surface area contributed by atoms with Gasteiger partial charge in [-0.3, -0.25) is 4.79 Å². The molecule has 1 aromatic rings. The van der Waals surface area contributed by atoms with Gasteiger partial charge in [0.25, 0.3) is 0 Å². The summed E-state index contributed by atoms with van der Waals surface area (Å²) < 4.78 is 0. The quantitative estimate of drug-likeness (QED) is 0.805. The first-order chi connectivity index (χ1) is 8.06. The van der Waals surface area contributed by atoms with E-state index < -0.39 is 0 Å². The van der Waals surface area contributed by atoms with E-state index in [-0.39, 0.29) is 11.8 Å². The Bertz CT molecular complexity index is 376. The zero-order valence-corrected chi connectivity index (χ0v) is 11.8. The highest BCUT2D eigenvalue weighted by molar-refractivity contribution is 7.80. The van der Waals surface area contributed by atoms with E-state index >= 15 is 0 Å². The highest BCUT2D eigenvalue weighted by Gasteiger charge is 2.22. The van der Waals surface area contributed by atoms with Crippen molar-refractivity contribution in [2.24, 2.45) is 11.7 Å². The van der Waals surface area contributed by atoms with Gasteiger partial charge < -0.3 is 10.6 Å². The maximum absolute atomic E-state index is 12.0. The van der Waals surface area contributed by atoms with Crippen LogP contribution >= 0.6 is 23.6 Å². The standard InChI is InChI=1S/C12H18N2OS2/c1-3-10(11(13)16)12(15)14(2)7-6-9-5-4-8-17-9/h4-5,8,10H,3,6-7H2,1-2H3,(H2,13,16). The second-order valence-corrected chi connectivity index (χ2v) is 5.46. The van der Waals surface area contributed by atoms with Crippen LogP contribution in [0.4, 0.5) is 0 Å². The smallest absolute Gasteiger partial charge is 0.232 e. The van der Waals surface area contributed by atoms with Gasteiger partial charge in [-0.05, 0) is 24.3 Å². The summed E-state index contributed by atoms with van der Waals surface area (Å²) in [6.07, 6.45) is 1.55. The highest BCUT2D eigenvalue weighted by Crippen LogP contribution is 2.11. The molecule has 1 unspecified atom stereocenters. The number of hydrogen-bond acceptors (Lipinski definition) is 3. The minimum absolute atomic E-state index is 0.0246. The molecule has 5 heteroatoms. The van der Waals surface area contributed by atoms with Crippen LogP contribution < -0.4 is 5.73 Å². The fourth-order valence-electron chi connectivity index (χ4n) is 1.61. The second-order valence-electron chi connectivity index (χ2n) is 3.95. The summed E-state index contributed by atoms with van der Waals surface area (Å²) in [6, 6.07) is 4.10. The Labute approximate surface area is 112 Å². The van der Waals surface area contributed by atoms with E-state index in [1.165, 1.54) is 4.88 Å². The van der Waals surface area contributed by atoms with Crippen molar-refractivity contribution in [3.63, 3.8) is 0 Å². The fraction of sp³-hybridized carbons (Fsp3) is 0.500. The van der Waals surface area contributed by atoms with Gasteiger partial charge in [-0.25, -0.2) is 0 Å². The molecule has 1 aromatic heterocycles. The third kappa shape index (κ3) is 4.09. The SMILES string of the molecule is CCC(C(=O)N(C)CCc1cccs1)C(N)=S. The lowest BCUT2D eigenvalue weighted by atomic mass is 10.1. The fourth-order valence-corrected chi connectivity index (χ4v) is 2.57. The van der Waals surface area contributed by atoms with Crippen molar-refractivity contribution in [2.45, 2.75) is 19.8 Å². The molecule has 17 heavy (non-hydrogen) atoms. The molecule has 1 heterocycles. The molecular weight excluding hydrogens is 252 g/mol. The Balaban J connectivity index is 2.49. The van der Waals surface area contributed by atoms with Gasteiger partial charge >= 0.3 is 0 Å². The summed E-state index contributed by atoms with van der Waals surface area (Å²) in [5, 5.41) is 2.04. The lowest BCUT2D eigenvalue weighted by molar-refractivity contribution is -0.132. The third-order valence-corrected chi connectivity index (χ3v) is 3.92. The summed E-state index contributed by atoms with van der Waals surface area (Å²) in [5.74, 6) is -0.296. The van der Waals surface area contributed by atoms with Crippen molar-refractivity contribution in [1.29, 1.82) is 0 Å². The highest BCUT2D eigenvalue weighted by atomic mass is 32.1. The van der Waals surface area contributed by atoms with Gasteiger partial charge in [-0.1, -0.05) is 25.2 Å². The summed E-state index contributed by atoms with van der Waals surface area (Å²) in [7, 11) is 1.80. The van der Waals surface area contributed by atoms with E-state index in [0.717, 1.165) is 6.42 Å². The lowest BCUT2D eigenvalue weighted by Gasteiger charge is -2.22. The van der Waals surface area contributed by atoms with Crippen LogP contribution in [0.1, 0.15) is 18.2 Å². The van der Waals surface area contributed by atoms with Gasteiger partial charge in [0.2, 0.25) is 5.91 Å². The second kappa shape index (κ2) is 6.71. The number of carbonyl (C=O) groups is 1. The number of thiocarbonyl (C=S) groups is 1. The average molecular weight is 270 g/mol. The van der Waals surface area contributed by atoms with Crippen LogP contribution in [0.25, 0.3) is 0 Å². The van der Waals surface area contributed by atoms with Gasteiger partial charge in [0.1, 0.15) is 0 Å². The van der Waals surface area contributed by atoms with Crippen LogP contribution in [-0.2, 0) is 11.2 Å². The normalized spacial score (nSPS) is 12.1. The topological polar surface area (TPSA) is 46.3 Å². The molecule has 0 aromatic carbocycles. The number of carbonyl (C=O) groups excluding carboxylic acids is 1. The Kier molecular flexibility index (Phi) is 5.58. The molecule has 0 radical (unpaired) electrons. The number of rotatable bonds is 6. The number of hydrogen-bond donors (Lipinski definition) is 1. The summed E-state index contributed by atoms with van der Waals surface area (Å²) >= 11 is 6.62. The van der Waals surface area contributed by atoms with Crippen LogP contribution in [0.15, 0.2) is 17.5 Å². The minimum atomic E-state index is -0.321. The molecular formula is C12H18N2OS2. The molecule has 1 rings (SSSR count). The van der Waals surface area contributed by atoms with Crippen LogP contribution in [0.2, 0.25) is 0 Å². The summed E-state index contributed by atoms with van der Waals surface area (Å²) in [4.78, 5) is 15.3. The number of nitrogens with zero attached hydrogens (tertiary/aromatic N) is 1. The zero-order valence-electron chi connectivity index (χ0n) is 10.2. The maximum Gasteiger partial charge on any atom is 0.232 e. The van der Waals surface area contributed by atoms with Gasteiger partial charge in [-0.15, -0.1) is 11.3 Å². The predicted molar refractivity (Wildman–Crippen MR) is 76.2 cm³/mol. The van der Waals surface area contributed by atoms with Gasteiger partial charge in [0.05, 0.1) is 10.9 Å². The minimum Gasteiger partial charge on any atom is -0.393 e. The van der Waals surface area contributed by atoms with E-state index in [1.54, 1.807) is 23.3 Å². The Morgan fingerprint density at radius 1 is 1.65 bits per heavy atom. The van der Waals surface area contributed by atoms with E-state index in [0.29, 0.717) is 18.0 Å². The molecule has 0 aliphatic carbocycles. The van der Waals surface area contributed by atoms with Crippen molar-refractivity contribution < 1.29 is 4.79 Å². The molecule has 0 aliphatic heterocycles. The molecule has 0 spiro atoms. The number of amides is 1. The van der Waals surface area contributed by atoms with Crippen molar-refractivity contribution in [3.8, 4) is 0 Å². The van der Waals surface area contributed by atoms with E-state index in [1.807, 2.05) is 18.4 Å². The Hall–Kier alpha value is -0.940. The van der Waals surface area contributed by atoms with Crippen molar-refractivity contribution in [3.05, 3.63) is 22.4 Å². The molecule has 0 fully saturated rings. The number of likely N-dealkylation sites (N-methyl/N-ethyl adjacent to an activating group) is 1. The first-order valence-electron chi connectivity index (χ1n) is 5.63. The van der Waals surface area contributed by atoms with E-state index in [9.17, 15) is 4.79 Å². The molecule has 0 bridgehead atoms. The number of nitrogens with two attached hydrogens (primary N) is 1. The summed E-state index contributed by atoms with van der Waals surface area (Å²) in [6.45, 7) is 2.63. The Morgan fingerprint density at radius 2 is 2.35 bits per heavy atom. The third-order valence-electron chi connectivity index (χ3n) is 2.70. The van der Waals surface area contributed by atoms with Crippen LogP contribution in [0.5, 0.6) is 0 Å². The van der Waals surface area contributed by atoms with Crippen molar-refractivity contribution in [2.75, 3.05) is 13.6 Å². The first kappa shape index (κ1) is 14.1. The molecule has 0 saturated carbocycles. The van der Waals surface area contributed by atoms with Gasteiger partial charge in [-0.2, -0.15) is 0 Å². The molecule has 94 valence electrons. The van der Waals surface area contributed by atoms with Crippen LogP contribution in [-0.4, -0.2) is 29.4 Å². The molecule has 0 saturated heterocycles. The zero-order chi connectivity index (χ0) is 12.8. The molecule has 2 N–H and O–H groups in total. The average Bonchev–Trinajstić information content (AvgIpc) is 2.78. The predicted octanol–water partition coefficient (Wildman–Crippen LogP) is 2.06. The van der Waals surface area contributed by atoms with Gasteiger partial charge in [0, 0.05) is 18.5 Å². The van der Waals surface area contributed by atoms with E-state index in [2.05, 4.69) is 6.07 Å². The van der Waals surface area contributed by atoms with Crippen molar-refractivity contribution in [1.82, 2.24) is 4.90 Å². The van der Waals surface area contributed by atoms with E-state index in [4.69, 9.17) is 18.0 Å². The molecule has 1 atom stereocenters. The monoisotopic (exact) mass is 270 g/mol. The molecule has 3 nitrogen and oxygen atoms in total.